The molecule has 2 atom stereocenters. The Hall–Kier alpha value is -1.18. The summed E-state index contributed by atoms with van der Waals surface area (Å²) in [6.45, 7) is 5.95. The molecule has 0 aliphatic carbocycles. The van der Waals surface area contributed by atoms with Gasteiger partial charge in [0, 0.05) is 30.2 Å². The summed E-state index contributed by atoms with van der Waals surface area (Å²) in [5.41, 5.74) is 0. The van der Waals surface area contributed by atoms with Gasteiger partial charge in [0.05, 0.1) is 24.3 Å². The van der Waals surface area contributed by atoms with Gasteiger partial charge in [0.2, 0.25) is 0 Å². The quantitative estimate of drug-likeness (QED) is 0.874. The van der Waals surface area contributed by atoms with Gasteiger partial charge in [-0.3, -0.25) is 4.90 Å². The summed E-state index contributed by atoms with van der Waals surface area (Å²) < 4.78 is 5.82. The predicted molar refractivity (Wildman–Crippen MR) is 81.4 cm³/mol. The SMILES string of the molecule is Cc1ncc(CNC(=O)NC[C@H]2CN3CCC[C@H]3CO2)s1. The van der Waals surface area contributed by atoms with Crippen molar-refractivity contribution in [3.05, 3.63) is 16.1 Å². The zero-order valence-corrected chi connectivity index (χ0v) is 13.1. The van der Waals surface area contributed by atoms with E-state index in [2.05, 4.69) is 20.5 Å². The van der Waals surface area contributed by atoms with Crippen LogP contribution in [-0.2, 0) is 11.3 Å². The van der Waals surface area contributed by atoms with E-state index in [4.69, 9.17) is 4.74 Å². The molecule has 1 aromatic rings. The van der Waals surface area contributed by atoms with Crippen LogP contribution in [0.1, 0.15) is 22.7 Å². The average Bonchev–Trinajstić information content (AvgIpc) is 3.10. The minimum Gasteiger partial charge on any atom is -0.373 e. The molecule has 7 heteroatoms. The monoisotopic (exact) mass is 310 g/mol. The number of aryl methyl sites for hydroxylation is 1. The van der Waals surface area contributed by atoms with Crippen LogP contribution in [0.4, 0.5) is 4.79 Å². The van der Waals surface area contributed by atoms with E-state index >= 15 is 0 Å². The van der Waals surface area contributed by atoms with Gasteiger partial charge >= 0.3 is 6.03 Å². The summed E-state index contributed by atoms with van der Waals surface area (Å²) >= 11 is 1.60. The molecule has 0 bridgehead atoms. The number of rotatable bonds is 4. The van der Waals surface area contributed by atoms with Gasteiger partial charge in [0.15, 0.2) is 0 Å². The minimum absolute atomic E-state index is 0.107. The maximum Gasteiger partial charge on any atom is 0.315 e. The number of hydrogen-bond acceptors (Lipinski definition) is 5. The second-order valence-corrected chi connectivity index (χ2v) is 6.97. The molecule has 1 aromatic heterocycles. The van der Waals surface area contributed by atoms with Gasteiger partial charge in [-0.05, 0) is 26.3 Å². The smallest absolute Gasteiger partial charge is 0.315 e. The number of carbonyl (C=O) groups is 1. The van der Waals surface area contributed by atoms with Crippen molar-refractivity contribution in [1.82, 2.24) is 20.5 Å². The van der Waals surface area contributed by atoms with Gasteiger partial charge in [-0.15, -0.1) is 11.3 Å². The first-order chi connectivity index (χ1) is 10.2. The zero-order valence-electron chi connectivity index (χ0n) is 12.3. The predicted octanol–water partition coefficient (Wildman–Crippen LogP) is 1.11. The van der Waals surface area contributed by atoms with Gasteiger partial charge in [0.25, 0.3) is 0 Å². The molecule has 2 aliphatic heterocycles. The van der Waals surface area contributed by atoms with Crippen molar-refractivity contribution in [1.29, 1.82) is 0 Å². The van der Waals surface area contributed by atoms with Crippen molar-refractivity contribution >= 4 is 17.4 Å². The molecule has 3 heterocycles. The summed E-state index contributed by atoms with van der Waals surface area (Å²) in [7, 11) is 0. The lowest BCUT2D eigenvalue weighted by Gasteiger charge is -2.35. The Labute approximate surface area is 128 Å². The molecule has 21 heavy (non-hydrogen) atoms. The van der Waals surface area contributed by atoms with Crippen molar-refractivity contribution in [3.8, 4) is 0 Å². The van der Waals surface area contributed by atoms with Crippen LogP contribution in [0.25, 0.3) is 0 Å². The summed E-state index contributed by atoms with van der Waals surface area (Å²) in [5.74, 6) is 0. The molecule has 2 N–H and O–H groups in total. The highest BCUT2D eigenvalue weighted by molar-refractivity contribution is 7.11. The van der Waals surface area contributed by atoms with Crippen LogP contribution in [0, 0.1) is 6.92 Å². The molecule has 3 rings (SSSR count). The van der Waals surface area contributed by atoms with Gasteiger partial charge in [-0.2, -0.15) is 0 Å². The Morgan fingerprint density at radius 3 is 3.29 bits per heavy atom. The maximum atomic E-state index is 11.8. The topological polar surface area (TPSA) is 66.5 Å². The Kier molecular flexibility index (Phi) is 4.72. The van der Waals surface area contributed by atoms with E-state index in [-0.39, 0.29) is 12.1 Å². The van der Waals surface area contributed by atoms with Crippen LogP contribution in [-0.4, -0.2) is 54.3 Å². The first kappa shape index (κ1) is 14.7. The number of nitrogens with zero attached hydrogens (tertiary/aromatic N) is 2. The molecule has 2 saturated heterocycles. The number of thiazole rings is 1. The van der Waals surface area contributed by atoms with E-state index in [0.29, 0.717) is 19.1 Å². The fourth-order valence-corrected chi connectivity index (χ4v) is 3.67. The third-order valence-corrected chi connectivity index (χ3v) is 4.96. The Morgan fingerprint density at radius 2 is 2.48 bits per heavy atom. The number of nitrogens with one attached hydrogen (secondary N) is 2. The lowest BCUT2D eigenvalue weighted by Crippen LogP contribution is -2.51. The number of fused-ring (bicyclic) bond motifs is 1. The van der Waals surface area contributed by atoms with Crippen molar-refractivity contribution in [2.45, 2.75) is 38.5 Å². The normalized spacial score (nSPS) is 25.6. The minimum atomic E-state index is -0.145. The van der Waals surface area contributed by atoms with Crippen LogP contribution in [0.15, 0.2) is 6.20 Å². The third-order valence-electron chi connectivity index (χ3n) is 4.04. The molecule has 2 fully saturated rings. The van der Waals surface area contributed by atoms with E-state index in [1.54, 1.807) is 17.5 Å². The van der Waals surface area contributed by atoms with E-state index in [0.717, 1.165) is 23.0 Å². The van der Waals surface area contributed by atoms with Crippen molar-refractivity contribution in [3.63, 3.8) is 0 Å². The van der Waals surface area contributed by atoms with Crippen LogP contribution >= 0.6 is 11.3 Å². The van der Waals surface area contributed by atoms with E-state index < -0.39 is 0 Å². The average molecular weight is 310 g/mol. The van der Waals surface area contributed by atoms with Crippen molar-refractivity contribution < 1.29 is 9.53 Å². The second-order valence-electron chi connectivity index (χ2n) is 5.66. The Bertz CT molecular complexity index is 493. The van der Waals surface area contributed by atoms with E-state index in [9.17, 15) is 4.79 Å². The zero-order chi connectivity index (χ0) is 14.7. The summed E-state index contributed by atoms with van der Waals surface area (Å²) in [6, 6.07) is 0.456. The van der Waals surface area contributed by atoms with Crippen molar-refractivity contribution in [2.75, 3.05) is 26.2 Å². The van der Waals surface area contributed by atoms with Gasteiger partial charge in [-0.25, -0.2) is 9.78 Å². The standard InChI is InChI=1S/C14H22N4O2S/c1-10-15-6-13(21-10)7-17-14(19)16-5-12-8-18-4-2-3-11(18)9-20-12/h6,11-12H,2-5,7-9H2,1H3,(H2,16,17,19)/t11-,12-/m0/s1. The molecule has 2 amide bonds. The van der Waals surface area contributed by atoms with Gasteiger partial charge < -0.3 is 15.4 Å². The number of morpholine rings is 1. The molecule has 116 valence electrons. The summed E-state index contributed by atoms with van der Waals surface area (Å²) in [5, 5.41) is 6.76. The van der Waals surface area contributed by atoms with Crippen molar-refractivity contribution in [2.24, 2.45) is 0 Å². The molecule has 2 aliphatic rings. The number of carbonyl (C=O) groups excluding carboxylic acids is 1. The van der Waals surface area contributed by atoms with Crippen LogP contribution < -0.4 is 10.6 Å². The van der Waals surface area contributed by atoms with Gasteiger partial charge in [-0.1, -0.05) is 0 Å². The highest BCUT2D eigenvalue weighted by Gasteiger charge is 2.32. The number of ether oxygens (including phenoxy) is 1. The highest BCUT2D eigenvalue weighted by atomic mass is 32.1. The number of aromatic nitrogens is 1. The number of hydrogen-bond donors (Lipinski definition) is 2. The molecule has 0 unspecified atom stereocenters. The van der Waals surface area contributed by atoms with Crippen LogP contribution in [0.2, 0.25) is 0 Å². The van der Waals surface area contributed by atoms with Gasteiger partial charge in [0.1, 0.15) is 0 Å². The fourth-order valence-electron chi connectivity index (χ4n) is 2.93. The first-order valence-corrected chi connectivity index (χ1v) is 8.31. The molecule has 0 radical (unpaired) electrons. The lowest BCUT2D eigenvalue weighted by atomic mass is 10.2. The highest BCUT2D eigenvalue weighted by Crippen LogP contribution is 2.22. The molecule has 0 spiro atoms. The van der Waals surface area contributed by atoms with Crippen LogP contribution in [0.3, 0.4) is 0 Å². The maximum absolute atomic E-state index is 11.8. The third kappa shape index (κ3) is 3.93. The summed E-state index contributed by atoms with van der Waals surface area (Å²) in [6.07, 6.45) is 4.42. The Balaban J connectivity index is 1.36. The fraction of sp³-hybridized carbons (Fsp3) is 0.714. The number of urea groups is 1. The largest absolute Gasteiger partial charge is 0.373 e. The Morgan fingerprint density at radius 1 is 1.57 bits per heavy atom. The van der Waals surface area contributed by atoms with Crippen LogP contribution in [0.5, 0.6) is 0 Å². The van der Waals surface area contributed by atoms with E-state index in [1.807, 2.05) is 6.92 Å². The molecule has 0 saturated carbocycles. The molecule has 0 aromatic carbocycles. The lowest BCUT2D eigenvalue weighted by molar-refractivity contribution is -0.0457. The molecular formula is C14H22N4O2S. The molecule has 6 nitrogen and oxygen atoms in total. The van der Waals surface area contributed by atoms with E-state index in [1.165, 1.54) is 19.4 Å². The number of amides is 2. The first-order valence-electron chi connectivity index (χ1n) is 7.49. The second kappa shape index (κ2) is 6.72. The molecular weight excluding hydrogens is 288 g/mol. The summed E-state index contributed by atoms with van der Waals surface area (Å²) in [4.78, 5) is 19.5.